The summed E-state index contributed by atoms with van der Waals surface area (Å²) in [5.41, 5.74) is 0. The van der Waals surface area contributed by atoms with Gasteiger partial charge in [-0.1, -0.05) is 0 Å². The predicted octanol–water partition coefficient (Wildman–Crippen LogP) is 0.0227. The Morgan fingerprint density at radius 2 is 1.63 bits per heavy atom. The quantitative estimate of drug-likeness (QED) is 0.733. The van der Waals surface area contributed by atoms with E-state index in [0.717, 1.165) is 0 Å². The number of nitrogens with zero attached hydrogens (tertiary/aromatic N) is 5. The van der Waals surface area contributed by atoms with Crippen LogP contribution < -0.4 is 5.32 Å². The first-order valence-corrected chi connectivity index (χ1v) is 6.35. The number of guanidine groups is 1. The standard InChI is InChI=1S/C12H26N6O/c1-9(2)14-12(18(7)8)15-10(16(3)4)13-11(19-12)17(5)6/h9,14H,1-8H3/t12-/m0/s1. The molecule has 0 aliphatic carbocycles. The summed E-state index contributed by atoms with van der Waals surface area (Å²) in [6, 6.07) is 0.747. The lowest BCUT2D eigenvalue weighted by molar-refractivity contribution is -0.106. The Balaban J connectivity index is 3.22. The van der Waals surface area contributed by atoms with Crippen LogP contribution in [0.15, 0.2) is 9.98 Å². The van der Waals surface area contributed by atoms with Crippen molar-refractivity contribution in [3.8, 4) is 0 Å². The molecule has 0 aromatic carbocycles. The van der Waals surface area contributed by atoms with Crippen molar-refractivity contribution in [1.82, 2.24) is 20.0 Å². The summed E-state index contributed by atoms with van der Waals surface area (Å²) in [5, 5.41) is 3.35. The molecule has 1 N–H and O–H groups in total. The summed E-state index contributed by atoms with van der Waals surface area (Å²) in [6.07, 6.45) is 0. The maximum Gasteiger partial charge on any atom is 0.329 e. The lowest BCUT2D eigenvalue weighted by Crippen LogP contribution is -2.62. The van der Waals surface area contributed by atoms with Gasteiger partial charge in [0.1, 0.15) is 0 Å². The summed E-state index contributed by atoms with van der Waals surface area (Å²) in [6.45, 7) is 4.11. The van der Waals surface area contributed by atoms with Crippen molar-refractivity contribution in [1.29, 1.82) is 0 Å². The molecule has 0 radical (unpaired) electrons. The van der Waals surface area contributed by atoms with Crippen molar-refractivity contribution >= 4 is 12.0 Å². The molecular formula is C12H26N6O. The Bertz CT molecular complexity index is 374. The van der Waals surface area contributed by atoms with Gasteiger partial charge in [0.05, 0.1) is 0 Å². The van der Waals surface area contributed by atoms with Crippen molar-refractivity contribution in [2.45, 2.75) is 25.9 Å². The molecule has 7 nitrogen and oxygen atoms in total. The zero-order chi connectivity index (χ0) is 14.8. The number of nitrogens with one attached hydrogen (secondary N) is 1. The van der Waals surface area contributed by atoms with Crippen LogP contribution >= 0.6 is 0 Å². The van der Waals surface area contributed by atoms with Gasteiger partial charge in [-0.3, -0.25) is 0 Å². The minimum absolute atomic E-state index is 0.219. The Morgan fingerprint density at radius 1 is 1.05 bits per heavy atom. The number of ether oxygens (including phenoxy) is 1. The highest BCUT2D eigenvalue weighted by molar-refractivity contribution is 5.93. The number of hydrogen-bond donors (Lipinski definition) is 1. The first-order chi connectivity index (χ1) is 8.68. The van der Waals surface area contributed by atoms with Gasteiger partial charge >= 0.3 is 5.97 Å². The van der Waals surface area contributed by atoms with Gasteiger partial charge in [-0.25, -0.2) is 10.2 Å². The maximum atomic E-state index is 5.96. The summed E-state index contributed by atoms with van der Waals surface area (Å²) >= 11 is 0. The van der Waals surface area contributed by atoms with E-state index in [9.17, 15) is 0 Å². The van der Waals surface area contributed by atoms with Gasteiger partial charge in [0.2, 0.25) is 5.96 Å². The fourth-order valence-corrected chi connectivity index (χ4v) is 1.57. The summed E-state index contributed by atoms with van der Waals surface area (Å²) in [5.74, 6) is -0.313. The van der Waals surface area contributed by atoms with Gasteiger partial charge in [0, 0.05) is 34.2 Å². The summed E-state index contributed by atoms with van der Waals surface area (Å²) in [7, 11) is 11.5. The first-order valence-electron chi connectivity index (χ1n) is 6.35. The number of hydrogen-bond acceptors (Lipinski definition) is 7. The van der Waals surface area contributed by atoms with Gasteiger partial charge in [-0.15, -0.1) is 0 Å². The molecule has 0 saturated heterocycles. The van der Waals surface area contributed by atoms with Crippen molar-refractivity contribution < 1.29 is 4.74 Å². The first kappa shape index (κ1) is 15.7. The van der Waals surface area contributed by atoms with E-state index in [1.54, 1.807) is 0 Å². The van der Waals surface area contributed by atoms with E-state index in [0.29, 0.717) is 12.0 Å². The normalized spacial score (nSPS) is 23.1. The van der Waals surface area contributed by atoms with Crippen LogP contribution in [-0.2, 0) is 4.74 Å². The Hall–Kier alpha value is -1.34. The molecule has 1 atom stereocenters. The van der Waals surface area contributed by atoms with Crippen LogP contribution in [0.25, 0.3) is 0 Å². The lowest BCUT2D eigenvalue weighted by atomic mass is 10.4. The van der Waals surface area contributed by atoms with Gasteiger partial charge in [-0.05, 0) is 27.9 Å². The van der Waals surface area contributed by atoms with E-state index in [-0.39, 0.29) is 6.04 Å². The van der Waals surface area contributed by atoms with E-state index in [2.05, 4.69) is 29.1 Å². The zero-order valence-electron chi connectivity index (χ0n) is 13.2. The fraction of sp³-hybridized carbons (Fsp3) is 0.833. The second-order valence-electron chi connectivity index (χ2n) is 5.50. The van der Waals surface area contributed by atoms with Crippen LogP contribution in [0.5, 0.6) is 0 Å². The molecular weight excluding hydrogens is 244 g/mol. The van der Waals surface area contributed by atoms with E-state index >= 15 is 0 Å². The minimum atomic E-state index is -0.935. The Kier molecular flexibility index (Phi) is 4.75. The van der Waals surface area contributed by atoms with Crippen molar-refractivity contribution in [3.63, 3.8) is 0 Å². The topological polar surface area (TPSA) is 55.7 Å². The molecule has 1 aliphatic heterocycles. The smallest absolute Gasteiger partial charge is 0.329 e. The molecule has 0 fully saturated rings. The maximum absolute atomic E-state index is 5.96. The second-order valence-corrected chi connectivity index (χ2v) is 5.50. The van der Waals surface area contributed by atoms with E-state index in [1.807, 2.05) is 57.0 Å². The van der Waals surface area contributed by atoms with E-state index < -0.39 is 5.97 Å². The van der Waals surface area contributed by atoms with Crippen LogP contribution in [-0.4, -0.2) is 81.0 Å². The lowest BCUT2D eigenvalue weighted by Gasteiger charge is -2.41. The molecule has 1 aliphatic rings. The monoisotopic (exact) mass is 270 g/mol. The van der Waals surface area contributed by atoms with Gasteiger partial charge in [0.25, 0.3) is 6.02 Å². The molecule has 0 aromatic rings. The van der Waals surface area contributed by atoms with Crippen LogP contribution in [0.4, 0.5) is 0 Å². The summed E-state index contributed by atoms with van der Waals surface area (Å²) < 4.78 is 5.96. The average molecular weight is 270 g/mol. The van der Waals surface area contributed by atoms with E-state index in [1.165, 1.54) is 0 Å². The highest BCUT2D eigenvalue weighted by Gasteiger charge is 2.41. The third-order valence-corrected chi connectivity index (χ3v) is 2.55. The molecule has 0 amide bonds. The van der Waals surface area contributed by atoms with Crippen LogP contribution in [0.3, 0.4) is 0 Å². The molecule has 0 aromatic heterocycles. The molecule has 1 heterocycles. The van der Waals surface area contributed by atoms with Gasteiger partial charge < -0.3 is 14.5 Å². The zero-order valence-corrected chi connectivity index (χ0v) is 13.2. The summed E-state index contributed by atoms with van der Waals surface area (Å²) in [4.78, 5) is 14.6. The largest absolute Gasteiger partial charge is 0.408 e. The Labute approximate surface area is 115 Å². The highest BCUT2D eigenvalue weighted by atomic mass is 16.6. The molecule has 19 heavy (non-hydrogen) atoms. The molecule has 110 valence electrons. The Morgan fingerprint density at radius 3 is 2.00 bits per heavy atom. The predicted molar refractivity (Wildman–Crippen MR) is 78.0 cm³/mol. The van der Waals surface area contributed by atoms with Gasteiger partial charge in [0.15, 0.2) is 0 Å². The van der Waals surface area contributed by atoms with Crippen molar-refractivity contribution in [3.05, 3.63) is 0 Å². The second kappa shape index (κ2) is 5.75. The number of rotatable bonds is 3. The SMILES string of the molecule is CC(C)N[C@@]1(N(C)C)N=C(N(C)C)N=C(N(C)C)O1. The molecule has 0 unspecified atom stereocenters. The van der Waals surface area contributed by atoms with Crippen LogP contribution in [0.2, 0.25) is 0 Å². The molecule has 0 bridgehead atoms. The number of aliphatic imine (C=N–C) groups is 2. The van der Waals surface area contributed by atoms with Crippen molar-refractivity contribution in [2.24, 2.45) is 9.98 Å². The van der Waals surface area contributed by atoms with E-state index in [4.69, 9.17) is 4.74 Å². The average Bonchev–Trinajstić information content (AvgIpc) is 2.27. The van der Waals surface area contributed by atoms with Crippen molar-refractivity contribution in [2.75, 3.05) is 42.3 Å². The molecule has 7 heteroatoms. The molecule has 1 rings (SSSR count). The highest BCUT2D eigenvalue weighted by Crippen LogP contribution is 2.20. The molecule has 0 spiro atoms. The van der Waals surface area contributed by atoms with Gasteiger partial charge in [-0.2, -0.15) is 9.98 Å². The van der Waals surface area contributed by atoms with Crippen LogP contribution in [0.1, 0.15) is 13.8 Å². The third kappa shape index (κ3) is 3.57. The molecule has 0 saturated carbocycles. The number of amidine groups is 1. The minimum Gasteiger partial charge on any atom is -0.408 e. The fourth-order valence-electron chi connectivity index (χ4n) is 1.57. The third-order valence-electron chi connectivity index (χ3n) is 2.55. The van der Waals surface area contributed by atoms with Crippen LogP contribution in [0, 0.1) is 0 Å².